The van der Waals surface area contributed by atoms with Gasteiger partial charge in [-0.05, 0) is 19.1 Å². The second-order valence-corrected chi connectivity index (χ2v) is 6.40. The third-order valence-corrected chi connectivity index (χ3v) is 4.47. The van der Waals surface area contributed by atoms with Crippen molar-refractivity contribution in [3.8, 4) is 0 Å². The molecule has 1 aromatic rings. The smallest absolute Gasteiger partial charge is 0.253 e. The minimum absolute atomic E-state index is 0.0467. The molecule has 1 aliphatic rings. The van der Waals surface area contributed by atoms with Crippen LogP contribution in [0.3, 0.4) is 0 Å². The molecule has 0 bridgehead atoms. The number of para-hydroxylation sites is 1. The third kappa shape index (κ3) is 3.26. The monoisotopic (exact) mass is 281 g/mol. The molecule has 19 heavy (non-hydrogen) atoms. The molecule has 104 valence electrons. The van der Waals surface area contributed by atoms with Gasteiger partial charge >= 0.3 is 0 Å². The fourth-order valence-electron chi connectivity index (χ4n) is 1.91. The Balaban J connectivity index is 2.09. The highest BCUT2D eigenvalue weighted by Gasteiger charge is 2.17. The van der Waals surface area contributed by atoms with Crippen LogP contribution < -0.4 is 16.0 Å². The molecule has 0 radical (unpaired) electrons. The molecule has 0 saturated heterocycles. The van der Waals surface area contributed by atoms with Crippen LogP contribution in [-0.2, 0) is 10.8 Å². The Hall–Kier alpha value is -1.56. The number of nitrogens with one attached hydrogen (secondary N) is 3. The van der Waals surface area contributed by atoms with Crippen molar-refractivity contribution in [1.82, 2.24) is 5.32 Å². The summed E-state index contributed by atoms with van der Waals surface area (Å²) in [5, 5.41) is 9.27. The predicted octanol–water partition coefficient (Wildman–Crippen LogP) is 1.02. The van der Waals surface area contributed by atoms with Crippen LogP contribution in [0.15, 0.2) is 18.2 Å². The van der Waals surface area contributed by atoms with Gasteiger partial charge in [-0.3, -0.25) is 9.00 Å². The van der Waals surface area contributed by atoms with Crippen molar-refractivity contribution in [2.75, 3.05) is 36.5 Å². The van der Waals surface area contributed by atoms with E-state index >= 15 is 0 Å². The number of hydrogen-bond donors (Lipinski definition) is 3. The van der Waals surface area contributed by atoms with Crippen molar-refractivity contribution < 1.29 is 9.00 Å². The largest absolute Gasteiger partial charge is 0.382 e. The highest BCUT2D eigenvalue weighted by atomic mass is 32.2. The Labute approximate surface area is 115 Å². The van der Waals surface area contributed by atoms with Gasteiger partial charge in [0.1, 0.15) is 0 Å². The summed E-state index contributed by atoms with van der Waals surface area (Å²) < 4.78 is 11.3. The number of fused-ring (bicyclic) bond motifs is 1. The van der Waals surface area contributed by atoms with Gasteiger partial charge < -0.3 is 16.0 Å². The fourth-order valence-corrected chi connectivity index (χ4v) is 2.23. The Morgan fingerprint density at radius 3 is 2.89 bits per heavy atom. The molecule has 3 N–H and O–H groups in total. The van der Waals surface area contributed by atoms with Crippen molar-refractivity contribution in [2.24, 2.45) is 0 Å². The van der Waals surface area contributed by atoms with Crippen LogP contribution in [-0.4, -0.2) is 41.3 Å². The van der Waals surface area contributed by atoms with E-state index in [-0.39, 0.29) is 11.2 Å². The number of carbonyl (C=O) groups excluding carboxylic acids is 1. The highest BCUT2D eigenvalue weighted by molar-refractivity contribution is 7.84. The highest BCUT2D eigenvalue weighted by Crippen LogP contribution is 2.28. The molecule has 2 rings (SSSR count). The summed E-state index contributed by atoms with van der Waals surface area (Å²) >= 11 is 0. The first kappa shape index (κ1) is 13.9. The molecule has 5 nitrogen and oxygen atoms in total. The minimum atomic E-state index is -0.928. The average Bonchev–Trinajstić information content (AvgIpc) is 2.43. The van der Waals surface area contributed by atoms with E-state index in [1.54, 1.807) is 12.3 Å². The number of hydrogen-bond acceptors (Lipinski definition) is 4. The maximum atomic E-state index is 12.2. The number of amides is 1. The van der Waals surface area contributed by atoms with Crippen molar-refractivity contribution in [3.63, 3.8) is 0 Å². The van der Waals surface area contributed by atoms with E-state index in [2.05, 4.69) is 16.0 Å². The second kappa shape index (κ2) is 6.06. The second-order valence-electron chi connectivity index (χ2n) is 4.60. The summed E-state index contributed by atoms with van der Waals surface area (Å²) in [6.07, 6.45) is 1.65. The van der Waals surface area contributed by atoms with Crippen molar-refractivity contribution in [1.29, 1.82) is 0 Å². The predicted molar refractivity (Wildman–Crippen MR) is 79.3 cm³/mol. The van der Waals surface area contributed by atoms with Crippen LogP contribution in [0.1, 0.15) is 17.3 Å². The first-order chi connectivity index (χ1) is 9.09. The summed E-state index contributed by atoms with van der Waals surface area (Å²) in [4.78, 5) is 12.2. The average molecular weight is 281 g/mol. The maximum absolute atomic E-state index is 12.2. The SMILES string of the molecule is CC(CNC(=O)c1cccc2c1NCCN2)S(C)=O. The van der Waals surface area contributed by atoms with Crippen molar-refractivity contribution in [3.05, 3.63) is 23.8 Å². The van der Waals surface area contributed by atoms with E-state index in [0.29, 0.717) is 12.1 Å². The summed E-state index contributed by atoms with van der Waals surface area (Å²) in [5.74, 6) is -0.134. The molecule has 2 atom stereocenters. The summed E-state index contributed by atoms with van der Waals surface area (Å²) in [6.45, 7) is 3.92. The standard InChI is InChI=1S/C13H19N3O2S/c1-9(19(2)18)8-16-13(17)10-4-3-5-11-12(10)15-7-6-14-11/h3-5,9,14-15H,6-8H2,1-2H3,(H,16,17). The van der Waals surface area contributed by atoms with Gasteiger partial charge in [0.05, 0.1) is 16.9 Å². The summed E-state index contributed by atoms with van der Waals surface area (Å²) in [6, 6.07) is 5.60. The molecule has 0 fully saturated rings. The third-order valence-electron chi connectivity index (χ3n) is 3.17. The van der Waals surface area contributed by atoms with Crippen LogP contribution in [0.2, 0.25) is 0 Å². The number of benzene rings is 1. The summed E-state index contributed by atoms with van der Waals surface area (Å²) in [7, 11) is -0.928. The Bertz CT molecular complexity index is 505. The number of carbonyl (C=O) groups is 1. The van der Waals surface area contributed by atoms with Gasteiger partial charge in [-0.2, -0.15) is 0 Å². The molecule has 1 amide bonds. The number of rotatable bonds is 4. The lowest BCUT2D eigenvalue weighted by Gasteiger charge is -2.22. The lowest BCUT2D eigenvalue weighted by Crippen LogP contribution is -2.33. The van der Waals surface area contributed by atoms with E-state index < -0.39 is 10.8 Å². The van der Waals surface area contributed by atoms with Gasteiger partial charge in [0, 0.05) is 41.9 Å². The zero-order valence-electron chi connectivity index (χ0n) is 11.2. The normalized spacial score (nSPS) is 16.5. The molecule has 1 aromatic carbocycles. The van der Waals surface area contributed by atoms with Crippen LogP contribution in [0, 0.1) is 0 Å². The van der Waals surface area contributed by atoms with Gasteiger partial charge in [-0.1, -0.05) is 6.07 Å². The molecule has 1 aliphatic heterocycles. The van der Waals surface area contributed by atoms with Crippen LogP contribution in [0.5, 0.6) is 0 Å². The Morgan fingerprint density at radius 2 is 2.16 bits per heavy atom. The lowest BCUT2D eigenvalue weighted by molar-refractivity contribution is 0.0955. The van der Waals surface area contributed by atoms with E-state index in [9.17, 15) is 9.00 Å². The molecule has 0 aliphatic carbocycles. The quantitative estimate of drug-likeness (QED) is 0.770. The first-order valence-corrected chi connectivity index (χ1v) is 7.93. The van der Waals surface area contributed by atoms with E-state index in [4.69, 9.17) is 0 Å². The molecule has 2 unspecified atom stereocenters. The Morgan fingerprint density at radius 1 is 1.42 bits per heavy atom. The van der Waals surface area contributed by atoms with Gasteiger partial charge in [0.15, 0.2) is 0 Å². The van der Waals surface area contributed by atoms with E-state index in [0.717, 1.165) is 24.5 Å². The van der Waals surface area contributed by atoms with Gasteiger partial charge in [-0.15, -0.1) is 0 Å². The van der Waals surface area contributed by atoms with Gasteiger partial charge in [0.25, 0.3) is 5.91 Å². The van der Waals surface area contributed by atoms with Crippen molar-refractivity contribution in [2.45, 2.75) is 12.2 Å². The van der Waals surface area contributed by atoms with Gasteiger partial charge in [0.2, 0.25) is 0 Å². The molecular formula is C13H19N3O2S. The molecule has 0 aromatic heterocycles. The maximum Gasteiger partial charge on any atom is 0.253 e. The zero-order chi connectivity index (χ0) is 13.8. The molecule has 6 heteroatoms. The fraction of sp³-hybridized carbons (Fsp3) is 0.462. The van der Waals surface area contributed by atoms with Gasteiger partial charge in [-0.25, -0.2) is 0 Å². The Kier molecular flexibility index (Phi) is 4.42. The van der Waals surface area contributed by atoms with Crippen LogP contribution in [0.4, 0.5) is 11.4 Å². The van der Waals surface area contributed by atoms with E-state index in [1.165, 1.54) is 0 Å². The lowest BCUT2D eigenvalue weighted by atomic mass is 10.1. The molecule has 0 spiro atoms. The van der Waals surface area contributed by atoms with Crippen LogP contribution >= 0.6 is 0 Å². The van der Waals surface area contributed by atoms with E-state index in [1.807, 2.05) is 19.1 Å². The summed E-state index contributed by atoms with van der Waals surface area (Å²) in [5.41, 5.74) is 2.42. The topological polar surface area (TPSA) is 70.2 Å². The van der Waals surface area contributed by atoms with Crippen LogP contribution in [0.25, 0.3) is 0 Å². The zero-order valence-corrected chi connectivity index (χ0v) is 12.0. The number of anilines is 2. The first-order valence-electron chi connectivity index (χ1n) is 6.31. The molecular weight excluding hydrogens is 262 g/mol. The van der Waals surface area contributed by atoms with Crippen molar-refractivity contribution >= 4 is 28.1 Å². The molecule has 1 heterocycles. The minimum Gasteiger partial charge on any atom is -0.382 e. The molecule has 0 saturated carbocycles.